The number of carbonyl (C=O) groups excluding carboxylic acids is 1. The number of rotatable bonds is 2. The highest BCUT2D eigenvalue weighted by Crippen LogP contribution is 2.24. The van der Waals surface area contributed by atoms with Crippen molar-refractivity contribution in [2.75, 3.05) is 0 Å². The molecule has 0 aromatic heterocycles. The van der Waals surface area contributed by atoms with Gasteiger partial charge in [-0.3, -0.25) is 4.79 Å². The van der Waals surface area contributed by atoms with Crippen molar-refractivity contribution in [3.8, 4) is 0 Å². The summed E-state index contributed by atoms with van der Waals surface area (Å²) < 4.78 is 26.0. The van der Waals surface area contributed by atoms with Crippen LogP contribution in [0.5, 0.6) is 0 Å². The second kappa shape index (κ2) is 5.46. The Kier molecular flexibility index (Phi) is 3.94. The van der Waals surface area contributed by atoms with E-state index in [-0.39, 0.29) is 11.6 Å². The zero-order chi connectivity index (χ0) is 13.1. The molecule has 1 aliphatic carbocycles. The molecule has 4 heteroatoms. The molecule has 2 nitrogen and oxygen atoms in total. The fraction of sp³-hybridized carbons (Fsp3) is 0.500. The predicted molar refractivity (Wildman–Crippen MR) is 65.2 cm³/mol. The molecule has 1 fully saturated rings. The Morgan fingerprint density at radius 2 is 1.78 bits per heavy atom. The van der Waals surface area contributed by atoms with E-state index in [9.17, 15) is 13.6 Å². The number of amides is 1. The number of benzene rings is 1. The van der Waals surface area contributed by atoms with E-state index < -0.39 is 17.5 Å². The van der Waals surface area contributed by atoms with E-state index in [1.807, 2.05) is 0 Å². The summed E-state index contributed by atoms with van der Waals surface area (Å²) in [5.74, 6) is -1.43. The van der Waals surface area contributed by atoms with Crippen molar-refractivity contribution in [1.29, 1.82) is 0 Å². The van der Waals surface area contributed by atoms with Crippen molar-refractivity contribution in [1.82, 2.24) is 5.32 Å². The minimum atomic E-state index is -0.725. The molecule has 2 rings (SSSR count). The highest BCUT2D eigenvalue weighted by atomic mass is 19.1. The lowest BCUT2D eigenvalue weighted by molar-refractivity contribution is 0.0909. The van der Waals surface area contributed by atoms with Crippen LogP contribution in [0.25, 0.3) is 0 Å². The zero-order valence-electron chi connectivity index (χ0n) is 10.4. The first-order valence-electron chi connectivity index (χ1n) is 6.33. The molecule has 1 aromatic rings. The van der Waals surface area contributed by atoms with Gasteiger partial charge in [0.05, 0.1) is 0 Å². The van der Waals surface area contributed by atoms with Crippen LogP contribution in [0.2, 0.25) is 0 Å². The lowest BCUT2D eigenvalue weighted by Gasteiger charge is -2.29. The zero-order valence-corrected chi connectivity index (χ0v) is 10.4. The number of nitrogens with one attached hydrogen (secondary N) is 1. The fourth-order valence-corrected chi connectivity index (χ4v) is 2.47. The number of halogens is 2. The monoisotopic (exact) mass is 253 g/mol. The highest BCUT2D eigenvalue weighted by Gasteiger charge is 2.23. The Hall–Kier alpha value is -1.45. The fourth-order valence-electron chi connectivity index (χ4n) is 2.47. The molecule has 0 unspecified atom stereocenters. The van der Waals surface area contributed by atoms with E-state index in [0.29, 0.717) is 5.92 Å². The Morgan fingerprint density at radius 3 is 2.39 bits per heavy atom. The van der Waals surface area contributed by atoms with Gasteiger partial charge in [-0.05, 0) is 30.9 Å². The molecule has 1 N–H and O–H groups in total. The average Bonchev–Trinajstić information content (AvgIpc) is 2.31. The van der Waals surface area contributed by atoms with Gasteiger partial charge in [0.25, 0.3) is 5.91 Å². The highest BCUT2D eigenvalue weighted by molar-refractivity contribution is 5.94. The summed E-state index contributed by atoms with van der Waals surface area (Å²) in [6, 6.07) is 3.00. The Balaban J connectivity index is 2.06. The van der Waals surface area contributed by atoms with Gasteiger partial charge < -0.3 is 5.32 Å². The summed E-state index contributed by atoms with van der Waals surface area (Å²) in [6.07, 6.45) is 4.29. The van der Waals surface area contributed by atoms with Crippen LogP contribution < -0.4 is 5.32 Å². The average molecular weight is 253 g/mol. The van der Waals surface area contributed by atoms with Crippen LogP contribution in [0.15, 0.2) is 18.2 Å². The first-order valence-corrected chi connectivity index (χ1v) is 6.33. The molecule has 0 aliphatic heterocycles. The quantitative estimate of drug-likeness (QED) is 0.861. The van der Waals surface area contributed by atoms with E-state index in [1.54, 1.807) is 0 Å². The van der Waals surface area contributed by atoms with Gasteiger partial charge in [-0.2, -0.15) is 0 Å². The molecule has 1 saturated carbocycles. The number of hydrogen-bond donors (Lipinski definition) is 1. The van der Waals surface area contributed by atoms with Crippen molar-refractivity contribution >= 4 is 5.91 Å². The second-order valence-electron chi connectivity index (χ2n) is 5.00. The van der Waals surface area contributed by atoms with Crippen LogP contribution in [-0.4, -0.2) is 11.9 Å². The lowest BCUT2D eigenvalue weighted by atomic mass is 9.86. The molecule has 1 amide bonds. The normalized spacial score (nSPS) is 23.7. The van der Waals surface area contributed by atoms with Crippen LogP contribution in [0, 0.1) is 17.6 Å². The molecule has 2 atom stereocenters. The van der Waals surface area contributed by atoms with E-state index >= 15 is 0 Å². The van der Waals surface area contributed by atoms with Crippen LogP contribution in [0.1, 0.15) is 43.0 Å². The van der Waals surface area contributed by atoms with Gasteiger partial charge in [0.2, 0.25) is 0 Å². The predicted octanol–water partition coefficient (Wildman–Crippen LogP) is 3.27. The lowest BCUT2D eigenvalue weighted by Crippen LogP contribution is -2.41. The van der Waals surface area contributed by atoms with Crippen molar-refractivity contribution in [2.45, 2.75) is 38.6 Å². The van der Waals surface area contributed by atoms with Crippen molar-refractivity contribution in [2.24, 2.45) is 5.92 Å². The van der Waals surface area contributed by atoms with Gasteiger partial charge in [-0.25, -0.2) is 8.78 Å². The standard InChI is InChI=1S/C14H17F2NO/c1-9-4-2-3-5-13(9)17-14(18)10-6-11(15)8-12(16)7-10/h6-9,13H,2-5H2,1H3,(H,17,18)/t9-,13-/m1/s1. The Labute approximate surface area is 105 Å². The molecule has 0 bridgehead atoms. The summed E-state index contributed by atoms with van der Waals surface area (Å²) in [4.78, 5) is 11.9. The molecular formula is C14H17F2NO. The first kappa shape index (κ1) is 13.0. The molecule has 1 aliphatic rings. The molecule has 1 aromatic carbocycles. The van der Waals surface area contributed by atoms with Gasteiger partial charge in [-0.1, -0.05) is 19.8 Å². The number of carbonyl (C=O) groups is 1. The third kappa shape index (κ3) is 3.06. The van der Waals surface area contributed by atoms with Crippen LogP contribution in [0.3, 0.4) is 0 Å². The minimum absolute atomic E-state index is 0.0465. The topological polar surface area (TPSA) is 29.1 Å². The minimum Gasteiger partial charge on any atom is -0.349 e. The smallest absolute Gasteiger partial charge is 0.251 e. The largest absolute Gasteiger partial charge is 0.349 e. The first-order chi connectivity index (χ1) is 8.56. The summed E-state index contributed by atoms with van der Waals surface area (Å²) in [6.45, 7) is 2.09. The van der Waals surface area contributed by atoms with Crippen LogP contribution in [-0.2, 0) is 0 Å². The van der Waals surface area contributed by atoms with E-state index in [1.165, 1.54) is 6.42 Å². The number of hydrogen-bond acceptors (Lipinski definition) is 1. The van der Waals surface area contributed by atoms with Crippen molar-refractivity contribution in [3.63, 3.8) is 0 Å². The molecule has 0 saturated heterocycles. The van der Waals surface area contributed by atoms with E-state index in [2.05, 4.69) is 12.2 Å². The van der Waals surface area contributed by atoms with Gasteiger partial charge in [0, 0.05) is 17.7 Å². The summed E-state index contributed by atoms with van der Waals surface area (Å²) in [7, 11) is 0. The molecule has 0 heterocycles. The summed E-state index contributed by atoms with van der Waals surface area (Å²) >= 11 is 0. The van der Waals surface area contributed by atoms with Crippen molar-refractivity contribution < 1.29 is 13.6 Å². The second-order valence-corrected chi connectivity index (χ2v) is 5.00. The molecular weight excluding hydrogens is 236 g/mol. The Bertz CT molecular complexity index is 427. The van der Waals surface area contributed by atoms with Gasteiger partial charge in [0.15, 0.2) is 0 Å². The SMILES string of the molecule is C[C@@H]1CCCC[C@H]1NC(=O)c1cc(F)cc(F)c1. The third-order valence-corrected chi connectivity index (χ3v) is 3.55. The molecule has 0 radical (unpaired) electrons. The van der Waals surface area contributed by atoms with Gasteiger partial charge in [-0.15, -0.1) is 0 Å². The maximum atomic E-state index is 13.0. The third-order valence-electron chi connectivity index (χ3n) is 3.55. The van der Waals surface area contributed by atoms with Crippen LogP contribution >= 0.6 is 0 Å². The van der Waals surface area contributed by atoms with E-state index in [4.69, 9.17) is 0 Å². The van der Waals surface area contributed by atoms with Crippen molar-refractivity contribution in [3.05, 3.63) is 35.4 Å². The molecule has 18 heavy (non-hydrogen) atoms. The summed E-state index contributed by atoms with van der Waals surface area (Å²) in [5, 5.41) is 2.87. The maximum absolute atomic E-state index is 13.0. The molecule has 98 valence electrons. The van der Waals surface area contributed by atoms with Gasteiger partial charge in [0.1, 0.15) is 11.6 Å². The molecule has 0 spiro atoms. The van der Waals surface area contributed by atoms with Crippen LogP contribution in [0.4, 0.5) is 8.78 Å². The van der Waals surface area contributed by atoms with Gasteiger partial charge >= 0.3 is 0 Å². The summed E-state index contributed by atoms with van der Waals surface area (Å²) in [5.41, 5.74) is 0.0465. The maximum Gasteiger partial charge on any atom is 0.251 e. The Morgan fingerprint density at radius 1 is 1.17 bits per heavy atom. The van der Waals surface area contributed by atoms with E-state index in [0.717, 1.165) is 37.5 Å².